The number of piperidine rings is 1. The van der Waals surface area contributed by atoms with Crippen molar-refractivity contribution in [3.63, 3.8) is 0 Å². The van der Waals surface area contributed by atoms with Crippen molar-refractivity contribution < 1.29 is 40.7 Å². The summed E-state index contributed by atoms with van der Waals surface area (Å²) >= 11 is 0. The summed E-state index contributed by atoms with van der Waals surface area (Å²) in [7, 11) is -8.96. The molecular formula is C22H33N3O9S2. The van der Waals surface area contributed by atoms with Gasteiger partial charge in [-0.2, -0.15) is 8.42 Å². The van der Waals surface area contributed by atoms with Gasteiger partial charge in [0, 0.05) is 38.5 Å². The molecule has 0 atom stereocenters. The third-order valence-corrected chi connectivity index (χ3v) is 8.59. The Hall–Kier alpha value is -2.42. The predicted molar refractivity (Wildman–Crippen MR) is 128 cm³/mol. The molecule has 0 N–H and O–H groups in total. The lowest BCUT2D eigenvalue weighted by Gasteiger charge is -2.39. The van der Waals surface area contributed by atoms with Crippen molar-refractivity contribution in [2.75, 3.05) is 45.6 Å². The van der Waals surface area contributed by atoms with Crippen LogP contribution in [0.3, 0.4) is 0 Å². The summed E-state index contributed by atoms with van der Waals surface area (Å²) in [6.45, 7) is 8.04. The monoisotopic (exact) mass is 547 g/mol. The van der Waals surface area contributed by atoms with E-state index in [0.717, 1.165) is 31.5 Å². The Morgan fingerprint density at radius 2 is 1.53 bits per heavy atom. The molecule has 0 aliphatic carbocycles. The molecule has 202 valence electrons. The number of hydrogen-bond donors (Lipinski definition) is 0. The number of carbonyl (C=O) groups is 2. The molecule has 0 aromatic heterocycles. The van der Waals surface area contributed by atoms with E-state index in [1.807, 2.05) is 0 Å². The Balaban J connectivity index is 1.83. The molecule has 3 rings (SSSR count). The van der Waals surface area contributed by atoms with E-state index in [1.165, 1.54) is 37.8 Å². The van der Waals surface area contributed by atoms with Gasteiger partial charge in [-0.3, -0.25) is 9.74 Å². The van der Waals surface area contributed by atoms with Gasteiger partial charge in [0.1, 0.15) is 10.5 Å². The van der Waals surface area contributed by atoms with E-state index < -0.39 is 47.4 Å². The minimum atomic E-state index is -4.96. The standard InChI is InChI=1S/C22H33N3O9S2/c1-22(2,3)33-21(27)25(36(30,31)19-8-6-5-7-18(19)35(4,28)29)34-20(26)24-11-9-17(10-12-24)23-13-15-32-16-14-23/h5-8,17H,9-16H2,1-4H3. The van der Waals surface area contributed by atoms with E-state index in [0.29, 0.717) is 39.1 Å². The zero-order valence-corrected chi connectivity index (χ0v) is 22.5. The quantitative estimate of drug-likeness (QED) is 0.513. The number of amides is 2. The summed E-state index contributed by atoms with van der Waals surface area (Å²) in [5.74, 6) is 0. The number of ether oxygens (including phenoxy) is 2. The van der Waals surface area contributed by atoms with Crippen molar-refractivity contribution in [3.8, 4) is 0 Å². The molecule has 0 spiro atoms. The Labute approximate surface area is 212 Å². The second-order valence-corrected chi connectivity index (χ2v) is 13.4. The predicted octanol–water partition coefficient (Wildman–Crippen LogP) is 1.86. The van der Waals surface area contributed by atoms with Crippen molar-refractivity contribution >= 4 is 32.0 Å². The molecule has 0 bridgehead atoms. The first kappa shape index (κ1) is 28.2. The minimum Gasteiger partial charge on any atom is -0.441 e. The van der Waals surface area contributed by atoms with E-state index >= 15 is 0 Å². The summed E-state index contributed by atoms with van der Waals surface area (Å²) in [5.41, 5.74) is -1.12. The van der Waals surface area contributed by atoms with Crippen LogP contribution in [0.1, 0.15) is 33.6 Å². The van der Waals surface area contributed by atoms with Crippen LogP contribution in [0.5, 0.6) is 0 Å². The van der Waals surface area contributed by atoms with Gasteiger partial charge in [0.25, 0.3) is 0 Å². The van der Waals surface area contributed by atoms with Crippen LogP contribution < -0.4 is 0 Å². The van der Waals surface area contributed by atoms with Crippen LogP contribution in [0.2, 0.25) is 0 Å². The molecular weight excluding hydrogens is 514 g/mol. The second kappa shape index (κ2) is 10.9. The topological polar surface area (TPSA) is 140 Å². The van der Waals surface area contributed by atoms with Crippen molar-refractivity contribution in [1.82, 2.24) is 14.3 Å². The molecule has 2 saturated heterocycles. The number of sulfonamides is 1. The fraction of sp³-hybridized carbons (Fsp3) is 0.636. The number of rotatable bonds is 4. The molecule has 1 aromatic rings. The maximum Gasteiger partial charge on any atom is 0.459 e. The van der Waals surface area contributed by atoms with E-state index in [4.69, 9.17) is 14.3 Å². The van der Waals surface area contributed by atoms with Gasteiger partial charge in [0.2, 0.25) is 0 Å². The van der Waals surface area contributed by atoms with Crippen LogP contribution in [0, 0.1) is 0 Å². The number of hydrogen-bond acceptors (Lipinski definition) is 10. The van der Waals surface area contributed by atoms with E-state index in [9.17, 15) is 26.4 Å². The molecule has 2 aliphatic heterocycles. The number of morpholine rings is 1. The molecule has 2 fully saturated rings. The molecule has 14 heteroatoms. The van der Waals surface area contributed by atoms with Crippen LogP contribution in [0.15, 0.2) is 34.1 Å². The molecule has 1 aromatic carbocycles. The zero-order valence-electron chi connectivity index (χ0n) is 20.9. The summed E-state index contributed by atoms with van der Waals surface area (Å²) in [6, 6.07) is 5.01. The first-order chi connectivity index (χ1) is 16.7. The van der Waals surface area contributed by atoms with Crippen LogP contribution in [-0.4, -0.2) is 101 Å². The van der Waals surface area contributed by atoms with Crippen LogP contribution in [0.4, 0.5) is 9.59 Å². The van der Waals surface area contributed by atoms with Gasteiger partial charge in [-0.15, -0.1) is 0 Å². The highest BCUT2D eigenvalue weighted by molar-refractivity contribution is 7.93. The first-order valence-corrected chi connectivity index (χ1v) is 14.9. The highest BCUT2D eigenvalue weighted by atomic mass is 32.2. The van der Waals surface area contributed by atoms with Crippen LogP contribution in [0.25, 0.3) is 0 Å². The van der Waals surface area contributed by atoms with Crippen LogP contribution in [-0.2, 0) is 34.2 Å². The van der Waals surface area contributed by atoms with Gasteiger partial charge >= 0.3 is 22.2 Å². The number of likely N-dealkylation sites (tertiary alicyclic amines) is 1. The molecule has 36 heavy (non-hydrogen) atoms. The zero-order chi connectivity index (χ0) is 26.7. The Morgan fingerprint density at radius 3 is 2.06 bits per heavy atom. The van der Waals surface area contributed by atoms with Crippen molar-refractivity contribution in [2.45, 2.75) is 55.0 Å². The van der Waals surface area contributed by atoms with E-state index in [2.05, 4.69) is 4.90 Å². The number of nitrogens with zero attached hydrogens (tertiary/aromatic N) is 3. The van der Waals surface area contributed by atoms with Gasteiger partial charge in [0.05, 0.1) is 18.1 Å². The van der Waals surface area contributed by atoms with Crippen molar-refractivity contribution in [2.24, 2.45) is 0 Å². The third-order valence-electron chi connectivity index (χ3n) is 5.73. The molecule has 12 nitrogen and oxygen atoms in total. The fourth-order valence-corrected chi connectivity index (χ4v) is 6.70. The number of carbonyl (C=O) groups excluding carboxylic acids is 2. The van der Waals surface area contributed by atoms with Gasteiger partial charge in [0.15, 0.2) is 9.84 Å². The number of sulfone groups is 1. The second-order valence-electron chi connectivity index (χ2n) is 9.66. The lowest BCUT2D eigenvalue weighted by Crippen LogP contribution is -2.51. The lowest BCUT2D eigenvalue weighted by atomic mass is 10.0. The van der Waals surface area contributed by atoms with E-state index in [1.54, 1.807) is 0 Å². The SMILES string of the molecule is CC(C)(C)OC(=O)N(OC(=O)N1CCC(N2CCOCC2)CC1)S(=O)(=O)c1ccccc1S(C)(=O)=O. The smallest absolute Gasteiger partial charge is 0.441 e. The Morgan fingerprint density at radius 1 is 0.972 bits per heavy atom. The van der Waals surface area contributed by atoms with Gasteiger partial charge in [-0.25, -0.2) is 18.0 Å². The molecule has 0 unspecified atom stereocenters. The fourth-order valence-electron chi connectivity index (χ4n) is 4.03. The Kier molecular flexibility index (Phi) is 8.53. The van der Waals surface area contributed by atoms with Gasteiger partial charge in [-0.05, 0) is 50.2 Å². The summed E-state index contributed by atoms with van der Waals surface area (Å²) in [6.07, 6.45) is -0.399. The molecule has 0 radical (unpaired) electrons. The van der Waals surface area contributed by atoms with Crippen molar-refractivity contribution in [3.05, 3.63) is 24.3 Å². The molecule has 2 aliphatic rings. The first-order valence-electron chi connectivity index (χ1n) is 11.6. The minimum absolute atomic E-state index is 0.168. The Bertz CT molecular complexity index is 1170. The van der Waals surface area contributed by atoms with Crippen molar-refractivity contribution in [1.29, 1.82) is 0 Å². The summed E-state index contributed by atoms with van der Waals surface area (Å²) < 4.78 is 61.7. The van der Waals surface area contributed by atoms with E-state index in [-0.39, 0.29) is 10.5 Å². The lowest BCUT2D eigenvalue weighted by molar-refractivity contribution is -0.0617. The molecule has 0 saturated carbocycles. The largest absolute Gasteiger partial charge is 0.459 e. The number of benzene rings is 1. The highest BCUT2D eigenvalue weighted by Gasteiger charge is 2.41. The summed E-state index contributed by atoms with van der Waals surface area (Å²) in [5, 5.41) is 0. The number of hydroxylamine groups is 1. The molecule has 2 heterocycles. The van der Waals surface area contributed by atoms with Gasteiger partial charge in [-0.1, -0.05) is 12.1 Å². The average molecular weight is 548 g/mol. The third kappa shape index (κ3) is 6.87. The average Bonchev–Trinajstić information content (AvgIpc) is 2.81. The summed E-state index contributed by atoms with van der Waals surface area (Å²) in [4.78, 5) is 33.3. The molecule has 2 amide bonds. The normalized spacial score (nSPS) is 18.5. The maximum atomic E-state index is 13.5. The highest BCUT2D eigenvalue weighted by Crippen LogP contribution is 2.27. The van der Waals surface area contributed by atoms with Gasteiger partial charge < -0.3 is 14.4 Å². The maximum absolute atomic E-state index is 13.5. The van der Waals surface area contributed by atoms with Crippen LogP contribution >= 0.6 is 0 Å².